The van der Waals surface area contributed by atoms with Gasteiger partial charge in [0.15, 0.2) is 0 Å². The number of carbonyl (C=O) groups excluding carboxylic acids is 1. The zero-order valence-corrected chi connectivity index (χ0v) is 15.8. The Hall–Kier alpha value is -3.40. The lowest BCUT2D eigenvalue weighted by molar-refractivity contribution is -0.383. The number of benzene rings is 2. The summed E-state index contributed by atoms with van der Waals surface area (Å²) in [5.41, 5.74) is 0.680. The zero-order valence-electron chi connectivity index (χ0n) is 15.0. The topological polar surface area (TPSA) is 120 Å². The van der Waals surface area contributed by atoms with Crippen molar-refractivity contribution in [1.29, 1.82) is 0 Å². The van der Waals surface area contributed by atoms with Crippen LogP contribution in [0.4, 0.5) is 11.4 Å². The number of nitro benzene ring substituents is 1. The second-order valence-electron chi connectivity index (χ2n) is 5.63. The Labute approximate surface area is 164 Å². The van der Waals surface area contributed by atoms with Gasteiger partial charge in [-0.25, -0.2) is 0 Å². The monoisotopic (exact) mass is 400 g/mol. The molecule has 0 bridgehead atoms. The molecule has 0 unspecified atom stereocenters. The van der Waals surface area contributed by atoms with Crippen LogP contribution in [0, 0.1) is 10.1 Å². The minimum absolute atomic E-state index is 0.134. The number of hydrogen-bond donors (Lipinski definition) is 1. The summed E-state index contributed by atoms with van der Waals surface area (Å²) < 4.78 is 10.7. The van der Waals surface area contributed by atoms with Crippen molar-refractivity contribution in [3.05, 3.63) is 58.6 Å². The molecule has 0 spiro atoms. The third-order valence-corrected chi connectivity index (χ3v) is 4.68. The van der Waals surface area contributed by atoms with Gasteiger partial charge in [-0.3, -0.25) is 14.9 Å². The lowest BCUT2D eigenvalue weighted by Crippen LogP contribution is -2.22. The van der Waals surface area contributed by atoms with Crippen LogP contribution in [0.15, 0.2) is 58.2 Å². The Morgan fingerprint density at radius 3 is 2.61 bits per heavy atom. The maximum Gasteiger partial charge on any atom is 0.292 e. The van der Waals surface area contributed by atoms with Gasteiger partial charge in [-0.2, -0.15) is 0 Å². The van der Waals surface area contributed by atoms with E-state index in [9.17, 15) is 14.9 Å². The minimum atomic E-state index is -0.607. The van der Waals surface area contributed by atoms with E-state index in [0.717, 1.165) is 17.3 Å². The van der Waals surface area contributed by atoms with E-state index in [1.54, 1.807) is 44.4 Å². The van der Waals surface area contributed by atoms with Gasteiger partial charge in [0.1, 0.15) is 11.4 Å². The molecule has 0 saturated heterocycles. The third-order valence-electron chi connectivity index (χ3n) is 3.75. The molecule has 0 aliphatic heterocycles. The summed E-state index contributed by atoms with van der Waals surface area (Å²) in [6.45, 7) is 1.64. The molecule has 1 heterocycles. The number of ether oxygens (including phenoxy) is 1. The fourth-order valence-corrected chi connectivity index (χ4v) is 2.97. The third kappa shape index (κ3) is 4.46. The van der Waals surface area contributed by atoms with Crippen molar-refractivity contribution in [2.75, 3.05) is 12.4 Å². The van der Waals surface area contributed by atoms with Crippen LogP contribution in [-0.2, 0) is 4.79 Å². The average Bonchev–Trinajstić information content (AvgIpc) is 3.16. The number of hydrogen-bond acceptors (Lipinski definition) is 8. The fourth-order valence-electron chi connectivity index (χ4n) is 2.29. The molecule has 28 heavy (non-hydrogen) atoms. The zero-order chi connectivity index (χ0) is 20.1. The second-order valence-corrected chi connectivity index (χ2v) is 6.92. The van der Waals surface area contributed by atoms with Crippen LogP contribution in [0.25, 0.3) is 11.5 Å². The number of anilines is 1. The molecule has 1 N–H and O–H groups in total. The van der Waals surface area contributed by atoms with Gasteiger partial charge < -0.3 is 14.5 Å². The molecule has 2 aromatic carbocycles. The van der Waals surface area contributed by atoms with E-state index in [2.05, 4.69) is 15.5 Å². The lowest BCUT2D eigenvalue weighted by atomic mass is 10.2. The average molecular weight is 400 g/mol. The van der Waals surface area contributed by atoms with E-state index >= 15 is 0 Å². The van der Waals surface area contributed by atoms with Gasteiger partial charge in [0.05, 0.1) is 17.3 Å². The van der Waals surface area contributed by atoms with Crippen molar-refractivity contribution in [3.63, 3.8) is 0 Å². The van der Waals surface area contributed by atoms with E-state index in [1.165, 1.54) is 18.2 Å². The van der Waals surface area contributed by atoms with Crippen LogP contribution in [0.1, 0.15) is 6.92 Å². The van der Waals surface area contributed by atoms with Gasteiger partial charge in [-0.15, -0.1) is 10.2 Å². The quantitative estimate of drug-likeness (QED) is 0.361. The molecule has 144 valence electrons. The van der Waals surface area contributed by atoms with Crippen molar-refractivity contribution < 1.29 is 18.9 Å². The number of amides is 1. The van der Waals surface area contributed by atoms with Crippen LogP contribution in [0.3, 0.4) is 0 Å². The molecule has 0 aliphatic rings. The number of methoxy groups -OCH3 is 1. The number of thioether (sulfide) groups is 1. The van der Waals surface area contributed by atoms with Crippen LogP contribution >= 0.6 is 11.8 Å². The SMILES string of the molecule is COc1ccc(-c2nnc(S[C@@H](C)C(=O)Nc3ccccc3[N+](=O)[O-])o2)cc1. The number of nitro groups is 1. The minimum Gasteiger partial charge on any atom is -0.497 e. The van der Waals surface area contributed by atoms with Crippen LogP contribution in [0.5, 0.6) is 5.75 Å². The summed E-state index contributed by atoms with van der Waals surface area (Å²) in [6.07, 6.45) is 0. The highest BCUT2D eigenvalue weighted by Gasteiger charge is 2.22. The summed E-state index contributed by atoms with van der Waals surface area (Å²) in [5, 5.41) is 21.1. The van der Waals surface area contributed by atoms with E-state index < -0.39 is 16.1 Å². The second kappa shape index (κ2) is 8.53. The van der Waals surface area contributed by atoms with Crippen molar-refractivity contribution in [2.45, 2.75) is 17.4 Å². The summed E-state index contributed by atoms with van der Waals surface area (Å²) in [7, 11) is 1.58. The number of para-hydroxylation sites is 2. The smallest absolute Gasteiger partial charge is 0.292 e. The highest BCUT2D eigenvalue weighted by atomic mass is 32.2. The number of nitrogens with zero attached hydrogens (tertiary/aromatic N) is 3. The largest absolute Gasteiger partial charge is 0.497 e. The Kier molecular flexibility index (Phi) is 5.90. The van der Waals surface area contributed by atoms with Crippen molar-refractivity contribution in [1.82, 2.24) is 10.2 Å². The number of rotatable bonds is 7. The Morgan fingerprint density at radius 1 is 1.21 bits per heavy atom. The summed E-state index contributed by atoms with van der Waals surface area (Å²) in [5.74, 6) is 0.609. The maximum absolute atomic E-state index is 12.4. The number of nitrogens with one attached hydrogen (secondary N) is 1. The molecule has 9 nitrogen and oxygen atoms in total. The number of carbonyl (C=O) groups is 1. The van der Waals surface area contributed by atoms with E-state index in [0.29, 0.717) is 11.6 Å². The highest BCUT2D eigenvalue weighted by Crippen LogP contribution is 2.29. The summed E-state index contributed by atoms with van der Waals surface area (Å²) in [6, 6.07) is 13.1. The van der Waals surface area contributed by atoms with E-state index in [1.807, 2.05) is 0 Å². The van der Waals surface area contributed by atoms with Crippen LogP contribution in [-0.4, -0.2) is 33.4 Å². The normalized spacial score (nSPS) is 11.6. The predicted molar refractivity (Wildman–Crippen MR) is 103 cm³/mol. The summed E-state index contributed by atoms with van der Waals surface area (Å²) in [4.78, 5) is 22.9. The molecule has 0 saturated carbocycles. The van der Waals surface area contributed by atoms with E-state index in [4.69, 9.17) is 9.15 Å². The molecule has 0 fully saturated rings. The van der Waals surface area contributed by atoms with Crippen LogP contribution < -0.4 is 10.1 Å². The molecular formula is C18H16N4O5S. The van der Waals surface area contributed by atoms with Crippen molar-refractivity contribution in [3.8, 4) is 17.2 Å². The molecule has 3 aromatic rings. The van der Waals surface area contributed by atoms with Gasteiger partial charge in [-0.05, 0) is 37.3 Å². The standard InChI is InChI=1S/C18H16N4O5S/c1-11(16(23)19-14-5-3-4-6-15(14)22(24)25)28-18-21-20-17(27-18)12-7-9-13(26-2)10-8-12/h3-11H,1-2H3,(H,19,23)/t11-/m0/s1. The Morgan fingerprint density at radius 2 is 1.93 bits per heavy atom. The molecule has 3 rings (SSSR count). The predicted octanol–water partition coefficient (Wildman–Crippen LogP) is 3.77. The highest BCUT2D eigenvalue weighted by molar-refractivity contribution is 8.00. The molecule has 10 heteroatoms. The van der Waals surface area contributed by atoms with Gasteiger partial charge in [0.25, 0.3) is 10.9 Å². The summed E-state index contributed by atoms with van der Waals surface area (Å²) >= 11 is 1.06. The lowest BCUT2D eigenvalue weighted by Gasteiger charge is -2.10. The Balaban J connectivity index is 1.66. The molecule has 1 atom stereocenters. The van der Waals surface area contributed by atoms with Gasteiger partial charge >= 0.3 is 0 Å². The van der Waals surface area contributed by atoms with Gasteiger partial charge in [-0.1, -0.05) is 23.9 Å². The van der Waals surface area contributed by atoms with Gasteiger partial charge in [0.2, 0.25) is 11.8 Å². The van der Waals surface area contributed by atoms with Gasteiger partial charge in [0, 0.05) is 11.6 Å². The van der Waals surface area contributed by atoms with Crippen LogP contribution in [0.2, 0.25) is 0 Å². The number of aromatic nitrogens is 2. The molecular weight excluding hydrogens is 384 g/mol. The van der Waals surface area contributed by atoms with Crippen molar-refractivity contribution in [2.24, 2.45) is 0 Å². The first kappa shape index (κ1) is 19.4. The molecule has 0 radical (unpaired) electrons. The fraction of sp³-hybridized carbons (Fsp3) is 0.167. The van der Waals surface area contributed by atoms with E-state index in [-0.39, 0.29) is 16.6 Å². The van der Waals surface area contributed by atoms with Crippen molar-refractivity contribution >= 4 is 29.0 Å². The Bertz CT molecular complexity index is 990. The molecule has 1 aromatic heterocycles. The molecule has 1 amide bonds. The first-order valence-electron chi connectivity index (χ1n) is 8.17. The maximum atomic E-state index is 12.4. The first-order chi connectivity index (χ1) is 13.5. The first-order valence-corrected chi connectivity index (χ1v) is 9.04. The molecule has 0 aliphatic carbocycles.